The van der Waals surface area contributed by atoms with Crippen LogP contribution in [0.3, 0.4) is 0 Å². The summed E-state index contributed by atoms with van der Waals surface area (Å²) in [4.78, 5) is 41.4. The zero-order valence-corrected chi connectivity index (χ0v) is 13.2. The average Bonchev–Trinajstić information content (AvgIpc) is 2.88. The number of rotatable bonds is 4. The maximum Gasteiger partial charge on any atom is 0.265 e. The van der Waals surface area contributed by atoms with Gasteiger partial charge in [-0.1, -0.05) is 11.6 Å². The van der Waals surface area contributed by atoms with Crippen molar-refractivity contribution in [1.82, 2.24) is 15.8 Å². The van der Waals surface area contributed by atoms with Crippen molar-refractivity contribution in [1.29, 1.82) is 0 Å². The van der Waals surface area contributed by atoms with E-state index in [1.54, 1.807) is 36.4 Å². The molecule has 1 fully saturated rings. The van der Waals surface area contributed by atoms with Crippen LogP contribution in [0.25, 0.3) is 0 Å². The van der Waals surface area contributed by atoms with Crippen molar-refractivity contribution in [2.24, 2.45) is 0 Å². The maximum atomic E-state index is 12.4. The Morgan fingerprint density at radius 1 is 1.12 bits per heavy atom. The first-order chi connectivity index (χ1) is 11.6. The van der Waals surface area contributed by atoms with Crippen LogP contribution in [0.1, 0.15) is 16.8 Å². The van der Waals surface area contributed by atoms with Gasteiger partial charge in [0.05, 0.1) is 12.1 Å². The molecule has 2 N–H and O–H groups in total. The summed E-state index contributed by atoms with van der Waals surface area (Å²) in [6.45, 7) is 0. The number of halogens is 1. The summed E-state index contributed by atoms with van der Waals surface area (Å²) in [7, 11) is 0. The molecule has 0 unspecified atom stereocenters. The molecular formula is C16H13ClN4O3. The van der Waals surface area contributed by atoms with Crippen LogP contribution < -0.4 is 15.8 Å². The number of benzene rings is 1. The van der Waals surface area contributed by atoms with Gasteiger partial charge >= 0.3 is 0 Å². The molecule has 24 heavy (non-hydrogen) atoms. The second-order valence-electron chi connectivity index (χ2n) is 5.13. The Morgan fingerprint density at radius 2 is 1.79 bits per heavy atom. The quantitative estimate of drug-likeness (QED) is 0.644. The van der Waals surface area contributed by atoms with E-state index < -0.39 is 17.9 Å². The van der Waals surface area contributed by atoms with Crippen LogP contribution in [0.15, 0.2) is 48.8 Å². The molecule has 2 aromatic rings. The van der Waals surface area contributed by atoms with E-state index in [9.17, 15) is 14.4 Å². The van der Waals surface area contributed by atoms with Crippen LogP contribution in [-0.4, -0.2) is 28.7 Å². The Hall–Kier alpha value is -2.77. The Morgan fingerprint density at radius 3 is 2.46 bits per heavy atom. The number of hydrogen-bond donors (Lipinski definition) is 2. The van der Waals surface area contributed by atoms with Gasteiger partial charge in [0, 0.05) is 23.0 Å². The smallest absolute Gasteiger partial charge is 0.265 e. The topological polar surface area (TPSA) is 91.4 Å². The summed E-state index contributed by atoms with van der Waals surface area (Å²) in [5, 5.41) is 0.511. The van der Waals surface area contributed by atoms with Crippen LogP contribution in [-0.2, 0) is 9.59 Å². The maximum absolute atomic E-state index is 12.4. The first-order valence-corrected chi connectivity index (χ1v) is 7.52. The lowest BCUT2D eigenvalue weighted by atomic mass is 10.2. The fraction of sp³-hybridized carbons (Fsp3) is 0.125. The number of hydrogen-bond acceptors (Lipinski definition) is 5. The molecule has 1 atom stereocenters. The highest BCUT2D eigenvalue weighted by molar-refractivity contribution is 6.30. The van der Waals surface area contributed by atoms with Crippen LogP contribution in [0, 0.1) is 0 Å². The number of imide groups is 1. The van der Waals surface area contributed by atoms with Gasteiger partial charge in [-0.3, -0.25) is 24.8 Å². The number of anilines is 1. The SMILES string of the molecule is O=C(NN[C@@H]1CC(=O)N(c2ccc(Cl)cc2)C1=O)c1ccncc1. The summed E-state index contributed by atoms with van der Waals surface area (Å²) in [5.74, 6) is -1.20. The zero-order chi connectivity index (χ0) is 17.1. The molecule has 1 saturated heterocycles. The molecule has 0 aliphatic carbocycles. The van der Waals surface area contributed by atoms with Crippen LogP contribution >= 0.6 is 11.6 Å². The Balaban J connectivity index is 1.66. The van der Waals surface area contributed by atoms with Gasteiger partial charge in [0.25, 0.3) is 11.8 Å². The second kappa shape index (κ2) is 6.77. The van der Waals surface area contributed by atoms with Gasteiger partial charge in [-0.2, -0.15) is 0 Å². The standard InChI is InChI=1S/C16H13ClN4O3/c17-11-1-3-12(4-2-11)21-14(22)9-13(16(21)24)19-20-15(23)10-5-7-18-8-6-10/h1-8,13,19H,9H2,(H,20,23)/t13-/m1/s1. The summed E-state index contributed by atoms with van der Waals surface area (Å²) in [6, 6.07) is 8.65. The normalized spacial score (nSPS) is 17.2. The van der Waals surface area contributed by atoms with Crippen molar-refractivity contribution in [3.8, 4) is 0 Å². The number of aromatic nitrogens is 1. The van der Waals surface area contributed by atoms with Crippen molar-refractivity contribution in [3.05, 3.63) is 59.4 Å². The largest absolute Gasteiger partial charge is 0.287 e. The van der Waals surface area contributed by atoms with Gasteiger partial charge in [-0.15, -0.1) is 0 Å². The highest BCUT2D eigenvalue weighted by atomic mass is 35.5. The number of nitrogens with one attached hydrogen (secondary N) is 2. The molecule has 1 aromatic carbocycles. The fourth-order valence-electron chi connectivity index (χ4n) is 2.33. The third kappa shape index (κ3) is 3.27. The van der Waals surface area contributed by atoms with Gasteiger partial charge < -0.3 is 0 Å². The molecule has 3 amide bonds. The molecule has 0 radical (unpaired) electrons. The minimum Gasteiger partial charge on any atom is -0.287 e. The van der Waals surface area contributed by atoms with Crippen molar-refractivity contribution in [3.63, 3.8) is 0 Å². The number of carbonyl (C=O) groups excluding carboxylic acids is 3. The molecule has 8 heteroatoms. The van der Waals surface area contributed by atoms with Crippen molar-refractivity contribution < 1.29 is 14.4 Å². The van der Waals surface area contributed by atoms with Gasteiger partial charge in [0.2, 0.25) is 5.91 Å². The first-order valence-electron chi connectivity index (χ1n) is 7.14. The first kappa shape index (κ1) is 16.1. The minimum absolute atomic E-state index is 0.0436. The second-order valence-corrected chi connectivity index (χ2v) is 5.57. The number of pyridine rings is 1. The molecule has 0 spiro atoms. The van der Waals surface area contributed by atoms with Crippen LogP contribution in [0.5, 0.6) is 0 Å². The van der Waals surface area contributed by atoms with Gasteiger partial charge in [-0.05, 0) is 36.4 Å². The molecule has 2 heterocycles. The van der Waals surface area contributed by atoms with Crippen LogP contribution in [0.4, 0.5) is 5.69 Å². The third-order valence-electron chi connectivity index (χ3n) is 3.53. The Kier molecular flexibility index (Phi) is 4.54. The number of hydrazine groups is 1. The lowest BCUT2D eigenvalue weighted by Crippen LogP contribution is -2.48. The Bertz CT molecular complexity index is 780. The lowest BCUT2D eigenvalue weighted by Gasteiger charge is -2.16. The summed E-state index contributed by atoms with van der Waals surface area (Å²) in [5.41, 5.74) is 5.88. The minimum atomic E-state index is -0.820. The van der Waals surface area contributed by atoms with Gasteiger partial charge in [-0.25, -0.2) is 10.3 Å². The molecule has 0 bridgehead atoms. The molecule has 122 valence electrons. The molecule has 1 aliphatic heterocycles. The Labute approximate surface area is 142 Å². The predicted molar refractivity (Wildman–Crippen MR) is 87.2 cm³/mol. The zero-order valence-electron chi connectivity index (χ0n) is 12.4. The van der Waals surface area contributed by atoms with Gasteiger partial charge in [0.1, 0.15) is 6.04 Å². The molecule has 0 saturated carbocycles. The fourth-order valence-corrected chi connectivity index (χ4v) is 2.46. The van der Waals surface area contributed by atoms with E-state index in [2.05, 4.69) is 15.8 Å². The van der Waals surface area contributed by atoms with Gasteiger partial charge in [0.15, 0.2) is 0 Å². The number of nitrogens with zero attached hydrogens (tertiary/aromatic N) is 2. The van der Waals surface area contributed by atoms with E-state index in [4.69, 9.17) is 11.6 Å². The number of amides is 3. The van der Waals surface area contributed by atoms with E-state index in [1.807, 2.05) is 0 Å². The summed E-state index contributed by atoms with van der Waals surface area (Å²) in [6.07, 6.45) is 2.93. The third-order valence-corrected chi connectivity index (χ3v) is 3.79. The highest BCUT2D eigenvalue weighted by Gasteiger charge is 2.39. The lowest BCUT2D eigenvalue weighted by molar-refractivity contribution is -0.121. The van der Waals surface area contributed by atoms with Crippen molar-refractivity contribution in [2.45, 2.75) is 12.5 Å². The molecule has 1 aromatic heterocycles. The summed E-state index contributed by atoms with van der Waals surface area (Å²) >= 11 is 5.81. The van der Waals surface area contributed by atoms with Crippen molar-refractivity contribution >= 4 is 35.0 Å². The molecule has 1 aliphatic rings. The van der Waals surface area contributed by atoms with Crippen molar-refractivity contribution in [2.75, 3.05) is 4.90 Å². The number of carbonyl (C=O) groups is 3. The summed E-state index contributed by atoms with van der Waals surface area (Å²) < 4.78 is 0. The molecular weight excluding hydrogens is 332 g/mol. The average molecular weight is 345 g/mol. The van der Waals surface area contributed by atoms with E-state index in [-0.39, 0.29) is 12.3 Å². The molecule has 7 nitrogen and oxygen atoms in total. The monoisotopic (exact) mass is 344 g/mol. The van der Waals surface area contributed by atoms with E-state index in [0.29, 0.717) is 16.3 Å². The molecule has 3 rings (SSSR count). The van der Waals surface area contributed by atoms with E-state index in [0.717, 1.165) is 4.90 Å². The van der Waals surface area contributed by atoms with E-state index in [1.165, 1.54) is 12.4 Å². The highest BCUT2D eigenvalue weighted by Crippen LogP contribution is 2.24. The van der Waals surface area contributed by atoms with Crippen LogP contribution in [0.2, 0.25) is 5.02 Å². The van der Waals surface area contributed by atoms with E-state index >= 15 is 0 Å². The predicted octanol–water partition coefficient (Wildman–Crippen LogP) is 1.30.